The minimum atomic E-state index is 0. The number of furan rings is 1. The smallest absolute Gasteiger partial charge is 0.191 e. The summed E-state index contributed by atoms with van der Waals surface area (Å²) >= 11 is 0. The zero-order valence-corrected chi connectivity index (χ0v) is 15.0. The van der Waals surface area contributed by atoms with Crippen LogP contribution in [-0.4, -0.2) is 25.6 Å². The molecule has 2 aromatic rings. The molecule has 1 aromatic heterocycles. The monoisotopic (exact) mass is 411 g/mol. The van der Waals surface area contributed by atoms with E-state index in [9.17, 15) is 0 Å². The molecule has 22 heavy (non-hydrogen) atoms. The van der Waals surface area contributed by atoms with E-state index in [-0.39, 0.29) is 24.0 Å². The highest BCUT2D eigenvalue weighted by Gasteiger charge is 2.38. The number of guanidine groups is 1. The molecule has 0 aliphatic heterocycles. The summed E-state index contributed by atoms with van der Waals surface area (Å²) in [6.45, 7) is 0.815. The summed E-state index contributed by atoms with van der Waals surface area (Å²) in [6, 6.07) is 15.0. The summed E-state index contributed by atoms with van der Waals surface area (Å²) in [5, 5.41) is 6.81. The van der Waals surface area contributed by atoms with Crippen molar-refractivity contribution in [3.8, 4) is 0 Å². The van der Waals surface area contributed by atoms with Gasteiger partial charge in [0.1, 0.15) is 5.76 Å². The fraction of sp³-hybridized carbons (Fsp3) is 0.353. The van der Waals surface area contributed by atoms with Crippen molar-refractivity contribution in [3.63, 3.8) is 0 Å². The van der Waals surface area contributed by atoms with Crippen LogP contribution in [0.4, 0.5) is 0 Å². The quantitative estimate of drug-likeness (QED) is 0.452. The summed E-state index contributed by atoms with van der Waals surface area (Å²) in [7, 11) is 1.81. The first kappa shape index (κ1) is 16.9. The predicted molar refractivity (Wildman–Crippen MR) is 99.9 cm³/mol. The number of halogens is 1. The van der Waals surface area contributed by atoms with Crippen LogP contribution in [0.25, 0.3) is 0 Å². The first-order chi connectivity index (χ1) is 10.4. The first-order valence-electron chi connectivity index (χ1n) is 7.41. The molecule has 1 aliphatic carbocycles. The van der Waals surface area contributed by atoms with Gasteiger partial charge in [-0.25, -0.2) is 0 Å². The van der Waals surface area contributed by atoms with Crippen LogP contribution >= 0.6 is 24.0 Å². The van der Waals surface area contributed by atoms with Crippen molar-refractivity contribution in [2.24, 2.45) is 4.99 Å². The lowest BCUT2D eigenvalue weighted by Gasteiger charge is -2.11. The summed E-state index contributed by atoms with van der Waals surface area (Å²) < 4.78 is 5.32. The Bertz CT molecular complexity index is 583. The van der Waals surface area contributed by atoms with Crippen LogP contribution in [0.2, 0.25) is 0 Å². The summed E-state index contributed by atoms with van der Waals surface area (Å²) in [6.07, 6.45) is 3.74. The average molecular weight is 411 g/mol. The summed E-state index contributed by atoms with van der Waals surface area (Å²) in [5.74, 6) is 2.46. The van der Waals surface area contributed by atoms with Gasteiger partial charge in [0.15, 0.2) is 5.96 Å². The molecule has 2 N–H and O–H groups in total. The molecule has 0 radical (unpaired) electrons. The van der Waals surface area contributed by atoms with Crippen LogP contribution < -0.4 is 10.6 Å². The van der Waals surface area contributed by atoms with Gasteiger partial charge in [-0.05, 0) is 24.1 Å². The zero-order valence-electron chi connectivity index (χ0n) is 12.7. The highest BCUT2D eigenvalue weighted by molar-refractivity contribution is 14.0. The molecule has 118 valence electrons. The van der Waals surface area contributed by atoms with Gasteiger partial charge in [0, 0.05) is 32.0 Å². The molecule has 0 amide bonds. The number of hydrogen-bond donors (Lipinski definition) is 2. The van der Waals surface area contributed by atoms with Gasteiger partial charge in [-0.3, -0.25) is 4.99 Å². The number of benzene rings is 1. The van der Waals surface area contributed by atoms with Gasteiger partial charge in [0.25, 0.3) is 0 Å². The van der Waals surface area contributed by atoms with Crippen molar-refractivity contribution in [2.75, 3.05) is 13.6 Å². The zero-order chi connectivity index (χ0) is 14.5. The van der Waals surface area contributed by atoms with Crippen molar-refractivity contribution in [1.82, 2.24) is 10.6 Å². The van der Waals surface area contributed by atoms with Crippen LogP contribution in [0.3, 0.4) is 0 Å². The second-order valence-electron chi connectivity index (χ2n) is 5.33. The van der Waals surface area contributed by atoms with Gasteiger partial charge in [-0.2, -0.15) is 0 Å². The average Bonchev–Trinajstić information content (AvgIpc) is 3.10. The molecule has 3 rings (SSSR count). The van der Waals surface area contributed by atoms with E-state index < -0.39 is 0 Å². The lowest BCUT2D eigenvalue weighted by Crippen LogP contribution is -2.39. The van der Waals surface area contributed by atoms with E-state index in [1.807, 2.05) is 19.2 Å². The van der Waals surface area contributed by atoms with Crippen molar-refractivity contribution in [3.05, 3.63) is 60.1 Å². The lowest BCUT2D eigenvalue weighted by molar-refractivity contribution is 0.506. The number of nitrogens with zero attached hydrogens (tertiary/aromatic N) is 1. The molecule has 2 atom stereocenters. The van der Waals surface area contributed by atoms with E-state index in [0.717, 1.165) is 24.7 Å². The molecule has 1 aliphatic rings. The summed E-state index contributed by atoms with van der Waals surface area (Å²) in [5.41, 5.74) is 1.40. The third-order valence-electron chi connectivity index (χ3n) is 3.81. The maximum atomic E-state index is 5.32. The molecule has 5 heteroatoms. The molecule has 4 nitrogen and oxygen atoms in total. The van der Waals surface area contributed by atoms with Gasteiger partial charge in [-0.1, -0.05) is 30.3 Å². The summed E-state index contributed by atoms with van der Waals surface area (Å²) in [4.78, 5) is 4.28. The van der Waals surface area contributed by atoms with Gasteiger partial charge in [0.05, 0.1) is 6.26 Å². The van der Waals surface area contributed by atoms with Gasteiger partial charge in [0.2, 0.25) is 0 Å². The molecular formula is C17H22IN3O. The molecule has 1 aromatic carbocycles. The van der Waals surface area contributed by atoms with Gasteiger partial charge >= 0.3 is 0 Å². The Morgan fingerprint density at radius 2 is 2.05 bits per heavy atom. The molecule has 0 bridgehead atoms. The van der Waals surface area contributed by atoms with Crippen LogP contribution in [-0.2, 0) is 6.42 Å². The van der Waals surface area contributed by atoms with Crippen LogP contribution in [0.5, 0.6) is 0 Å². The Kier molecular flexibility index (Phi) is 6.30. The molecular weight excluding hydrogens is 389 g/mol. The van der Waals surface area contributed by atoms with E-state index in [0.29, 0.717) is 12.0 Å². The van der Waals surface area contributed by atoms with E-state index in [2.05, 4.69) is 46.0 Å². The fourth-order valence-electron chi connectivity index (χ4n) is 2.55. The lowest BCUT2D eigenvalue weighted by atomic mass is 10.1. The van der Waals surface area contributed by atoms with E-state index in [1.165, 1.54) is 12.0 Å². The van der Waals surface area contributed by atoms with Crippen molar-refractivity contribution < 1.29 is 4.42 Å². The molecule has 1 saturated carbocycles. The van der Waals surface area contributed by atoms with Gasteiger partial charge in [-0.15, -0.1) is 24.0 Å². The fourth-order valence-corrected chi connectivity index (χ4v) is 2.55. The third kappa shape index (κ3) is 4.50. The number of nitrogens with one attached hydrogen (secondary N) is 2. The van der Waals surface area contributed by atoms with Crippen molar-refractivity contribution >= 4 is 29.9 Å². The maximum Gasteiger partial charge on any atom is 0.191 e. The number of hydrogen-bond acceptors (Lipinski definition) is 2. The molecule has 1 fully saturated rings. The van der Waals surface area contributed by atoms with Crippen LogP contribution in [0.15, 0.2) is 58.1 Å². The Hall–Kier alpha value is -1.50. The van der Waals surface area contributed by atoms with E-state index >= 15 is 0 Å². The number of rotatable bonds is 5. The second kappa shape index (κ2) is 8.22. The van der Waals surface area contributed by atoms with Crippen molar-refractivity contribution in [1.29, 1.82) is 0 Å². The van der Waals surface area contributed by atoms with Gasteiger partial charge < -0.3 is 15.1 Å². The predicted octanol–water partition coefficient (Wildman–Crippen LogP) is 3.16. The topological polar surface area (TPSA) is 49.6 Å². The standard InChI is InChI=1S/C17H21N3O.HI/c1-18-17(19-10-9-14-8-5-11-21-14)20-16-12-15(16)13-6-3-2-4-7-13;/h2-8,11,15-16H,9-10,12H2,1H3,(H2,18,19,20);1H. The Morgan fingerprint density at radius 1 is 1.23 bits per heavy atom. The third-order valence-corrected chi connectivity index (χ3v) is 3.81. The van der Waals surface area contributed by atoms with Crippen LogP contribution in [0.1, 0.15) is 23.7 Å². The molecule has 0 spiro atoms. The Labute approximate surface area is 148 Å². The minimum Gasteiger partial charge on any atom is -0.469 e. The van der Waals surface area contributed by atoms with Crippen LogP contribution in [0, 0.1) is 0 Å². The highest BCUT2D eigenvalue weighted by Crippen LogP contribution is 2.40. The van der Waals surface area contributed by atoms with E-state index in [4.69, 9.17) is 4.42 Å². The second-order valence-corrected chi connectivity index (χ2v) is 5.33. The van der Waals surface area contributed by atoms with Crippen molar-refractivity contribution in [2.45, 2.75) is 24.8 Å². The van der Waals surface area contributed by atoms with E-state index in [1.54, 1.807) is 6.26 Å². The minimum absolute atomic E-state index is 0. The molecule has 2 unspecified atom stereocenters. The first-order valence-corrected chi connectivity index (χ1v) is 7.41. The Balaban J connectivity index is 0.00000176. The largest absolute Gasteiger partial charge is 0.469 e. The number of aliphatic imine (C=N–C) groups is 1. The molecule has 0 saturated heterocycles. The Morgan fingerprint density at radius 3 is 2.73 bits per heavy atom. The maximum absolute atomic E-state index is 5.32. The normalized spacial score (nSPS) is 20.1. The highest BCUT2D eigenvalue weighted by atomic mass is 127. The SMILES string of the molecule is CN=C(NCCc1ccco1)NC1CC1c1ccccc1.I. The molecule has 1 heterocycles.